The van der Waals surface area contributed by atoms with Gasteiger partial charge in [0, 0.05) is 5.56 Å². The molecule has 1 amide bonds. The van der Waals surface area contributed by atoms with Gasteiger partial charge in [0.1, 0.15) is 0 Å². The van der Waals surface area contributed by atoms with E-state index in [1.54, 1.807) is 6.07 Å². The Morgan fingerprint density at radius 3 is 2.25 bits per heavy atom. The van der Waals surface area contributed by atoms with Gasteiger partial charge in [-0.25, -0.2) is 0 Å². The molecule has 0 heterocycles. The summed E-state index contributed by atoms with van der Waals surface area (Å²) in [5.41, 5.74) is 1.49. The fourth-order valence-corrected chi connectivity index (χ4v) is 2.74. The van der Waals surface area contributed by atoms with Crippen molar-refractivity contribution in [3.63, 3.8) is 0 Å². The van der Waals surface area contributed by atoms with Gasteiger partial charge in [0.15, 0.2) is 0 Å². The van der Waals surface area contributed by atoms with Crippen molar-refractivity contribution in [2.24, 2.45) is 0 Å². The average Bonchev–Trinajstić information content (AvgIpc) is 2.38. The predicted molar refractivity (Wildman–Crippen MR) is 84.8 cm³/mol. The Hall–Kier alpha value is -0.480. The lowest BCUT2D eigenvalue weighted by Crippen LogP contribution is -3.18. The molecule has 0 spiro atoms. The molecule has 0 bridgehead atoms. The van der Waals surface area contributed by atoms with Gasteiger partial charge in [-0.2, -0.15) is 0 Å². The van der Waals surface area contributed by atoms with E-state index < -0.39 is 9.96 Å². The quantitative estimate of drug-likeness (QED) is 0.627. The molecule has 0 fully saturated rings. The second kappa shape index (κ2) is 7.51. The van der Waals surface area contributed by atoms with Gasteiger partial charge in [0.2, 0.25) is 6.17 Å². The zero-order valence-corrected chi connectivity index (χ0v) is 14.1. The van der Waals surface area contributed by atoms with Crippen molar-refractivity contribution in [3.05, 3.63) is 35.4 Å². The van der Waals surface area contributed by atoms with Gasteiger partial charge in [-0.05, 0) is 32.4 Å². The van der Waals surface area contributed by atoms with Crippen LogP contribution in [0.1, 0.15) is 29.8 Å². The van der Waals surface area contributed by atoms with Crippen molar-refractivity contribution in [2.45, 2.75) is 30.7 Å². The number of carbonyl (C=O) groups excluding carboxylic acids is 1. The van der Waals surface area contributed by atoms with Crippen LogP contribution in [0.3, 0.4) is 0 Å². The van der Waals surface area contributed by atoms with E-state index in [-0.39, 0.29) is 5.91 Å². The van der Waals surface area contributed by atoms with Crippen LogP contribution in [0.2, 0.25) is 0 Å². The van der Waals surface area contributed by atoms with Crippen LogP contribution >= 0.6 is 34.8 Å². The van der Waals surface area contributed by atoms with E-state index in [0.717, 1.165) is 23.6 Å². The maximum absolute atomic E-state index is 12.4. The molecule has 2 N–H and O–H groups in total. The molecule has 0 aliphatic rings. The standard InChI is InChI=1S/C14H19Cl3N2O/c1-4-19(5-2)13(14(15,16)17)18-12(20)11-9-7-6-8-10(11)3/h6-9,13H,4-5H2,1-3H3,(H,18,20)/p+1/t13-/m0/s1. The fourth-order valence-electron chi connectivity index (χ4n) is 2.11. The molecule has 1 rings (SSSR count). The maximum atomic E-state index is 12.4. The Bertz CT molecular complexity index is 456. The smallest absolute Gasteiger partial charge is 0.262 e. The summed E-state index contributed by atoms with van der Waals surface area (Å²) in [7, 11) is 0. The molecule has 0 radical (unpaired) electrons. The number of alkyl halides is 3. The van der Waals surface area contributed by atoms with Gasteiger partial charge in [-0.1, -0.05) is 53.0 Å². The third-order valence-electron chi connectivity index (χ3n) is 3.31. The number of amides is 1. The first-order valence-electron chi connectivity index (χ1n) is 6.59. The van der Waals surface area contributed by atoms with Crippen LogP contribution in [0.5, 0.6) is 0 Å². The Morgan fingerprint density at radius 1 is 1.25 bits per heavy atom. The van der Waals surface area contributed by atoms with Crippen molar-refractivity contribution >= 4 is 40.7 Å². The van der Waals surface area contributed by atoms with Gasteiger partial charge in [0.25, 0.3) is 9.70 Å². The molecule has 0 aliphatic heterocycles. The SMILES string of the molecule is CC[NH+](CC)[C@H](NC(=O)c1ccccc1C)C(Cl)(Cl)Cl. The number of hydrogen-bond donors (Lipinski definition) is 2. The molecule has 20 heavy (non-hydrogen) atoms. The van der Waals surface area contributed by atoms with Crippen LogP contribution in [0.15, 0.2) is 24.3 Å². The van der Waals surface area contributed by atoms with Crippen molar-refractivity contribution in [1.82, 2.24) is 5.32 Å². The zero-order chi connectivity index (χ0) is 15.3. The number of quaternary nitrogens is 1. The van der Waals surface area contributed by atoms with E-state index in [2.05, 4.69) is 5.32 Å². The van der Waals surface area contributed by atoms with Crippen LogP contribution in [-0.2, 0) is 0 Å². The van der Waals surface area contributed by atoms with Crippen LogP contribution in [0, 0.1) is 6.92 Å². The minimum Gasteiger partial charge on any atom is -0.312 e. The van der Waals surface area contributed by atoms with E-state index >= 15 is 0 Å². The second-order valence-electron chi connectivity index (χ2n) is 4.63. The summed E-state index contributed by atoms with van der Waals surface area (Å²) >= 11 is 18.1. The normalized spacial score (nSPS) is 13.3. The van der Waals surface area contributed by atoms with Gasteiger partial charge < -0.3 is 4.90 Å². The molecule has 1 atom stereocenters. The van der Waals surface area contributed by atoms with E-state index in [1.807, 2.05) is 39.0 Å². The highest BCUT2D eigenvalue weighted by Gasteiger charge is 2.41. The minimum atomic E-state index is -1.56. The van der Waals surface area contributed by atoms with Gasteiger partial charge >= 0.3 is 0 Å². The molecule has 0 aromatic heterocycles. The molecule has 3 nitrogen and oxygen atoms in total. The largest absolute Gasteiger partial charge is 0.312 e. The molecule has 0 saturated carbocycles. The molecule has 6 heteroatoms. The Morgan fingerprint density at radius 2 is 1.80 bits per heavy atom. The van der Waals surface area contributed by atoms with Crippen molar-refractivity contribution < 1.29 is 9.69 Å². The van der Waals surface area contributed by atoms with Crippen LogP contribution in [0.25, 0.3) is 0 Å². The number of aryl methyl sites for hydroxylation is 1. The zero-order valence-electron chi connectivity index (χ0n) is 11.8. The van der Waals surface area contributed by atoms with Crippen molar-refractivity contribution in [1.29, 1.82) is 0 Å². The number of hydrogen-bond acceptors (Lipinski definition) is 1. The van der Waals surface area contributed by atoms with Crippen molar-refractivity contribution in [3.8, 4) is 0 Å². The Kier molecular flexibility index (Phi) is 6.59. The minimum absolute atomic E-state index is 0.223. The Balaban J connectivity index is 2.96. The molecule has 0 saturated heterocycles. The van der Waals surface area contributed by atoms with Crippen LogP contribution in [0.4, 0.5) is 0 Å². The molecular formula is C14H20Cl3N2O+. The molecule has 112 valence electrons. The lowest BCUT2D eigenvalue weighted by molar-refractivity contribution is -0.923. The summed E-state index contributed by atoms with van der Waals surface area (Å²) < 4.78 is -1.56. The Labute approximate surface area is 135 Å². The number of nitrogens with one attached hydrogen (secondary N) is 2. The summed E-state index contributed by atoms with van der Waals surface area (Å²) in [6.07, 6.45) is -0.588. The first-order chi connectivity index (χ1) is 9.31. The lowest BCUT2D eigenvalue weighted by atomic mass is 10.1. The van der Waals surface area contributed by atoms with E-state index in [9.17, 15) is 4.79 Å². The molecular weight excluding hydrogens is 319 g/mol. The highest BCUT2D eigenvalue weighted by atomic mass is 35.6. The molecule has 0 unspecified atom stereocenters. The summed E-state index contributed by atoms with van der Waals surface area (Å²) in [5, 5.41) is 2.84. The van der Waals surface area contributed by atoms with Crippen LogP contribution in [-0.4, -0.2) is 29.0 Å². The first kappa shape index (κ1) is 17.6. The third kappa shape index (κ3) is 4.52. The highest BCUT2D eigenvalue weighted by molar-refractivity contribution is 6.68. The lowest BCUT2D eigenvalue weighted by Gasteiger charge is -2.32. The summed E-state index contributed by atoms with van der Waals surface area (Å²) in [5.74, 6) is -0.223. The third-order valence-corrected chi connectivity index (χ3v) is 3.96. The molecule has 1 aromatic carbocycles. The van der Waals surface area contributed by atoms with Gasteiger partial charge in [0.05, 0.1) is 13.1 Å². The van der Waals surface area contributed by atoms with E-state index in [0.29, 0.717) is 5.56 Å². The van der Waals surface area contributed by atoms with Crippen molar-refractivity contribution in [2.75, 3.05) is 13.1 Å². The number of carbonyl (C=O) groups is 1. The number of halogens is 3. The monoisotopic (exact) mass is 337 g/mol. The van der Waals surface area contributed by atoms with Gasteiger partial charge in [-0.15, -0.1) is 0 Å². The average molecular weight is 339 g/mol. The topological polar surface area (TPSA) is 33.5 Å². The second-order valence-corrected chi connectivity index (χ2v) is 7.00. The summed E-state index contributed by atoms with van der Waals surface area (Å²) in [4.78, 5) is 13.4. The number of rotatable bonds is 5. The predicted octanol–water partition coefficient (Wildman–Crippen LogP) is 2.35. The van der Waals surface area contributed by atoms with E-state index in [4.69, 9.17) is 34.8 Å². The fraction of sp³-hybridized carbons (Fsp3) is 0.500. The molecule has 1 aromatic rings. The van der Waals surface area contributed by atoms with Crippen LogP contribution < -0.4 is 10.2 Å². The molecule has 0 aliphatic carbocycles. The highest BCUT2D eigenvalue weighted by Crippen LogP contribution is 2.28. The van der Waals surface area contributed by atoms with E-state index in [1.165, 1.54) is 0 Å². The first-order valence-corrected chi connectivity index (χ1v) is 7.72. The summed E-state index contributed by atoms with van der Waals surface area (Å²) in [6.45, 7) is 7.36. The summed E-state index contributed by atoms with van der Waals surface area (Å²) in [6, 6.07) is 7.34. The number of benzene rings is 1. The maximum Gasteiger partial charge on any atom is 0.262 e. The van der Waals surface area contributed by atoms with Gasteiger partial charge in [-0.3, -0.25) is 10.1 Å².